The Morgan fingerprint density at radius 3 is 2.79 bits per heavy atom. The largest absolute Gasteiger partial charge is 0.492 e. The second-order valence-corrected chi connectivity index (χ2v) is 6.72. The number of halogens is 1. The van der Waals surface area contributed by atoms with Gasteiger partial charge in [-0.15, -0.1) is 0 Å². The summed E-state index contributed by atoms with van der Waals surface area (Å²) in [6.07, 6.45) is 0.981. The molecule has 0 unspecified atom stereocenters. The molecule has 0 aliphatic rings. The van der Waals surface area contributed by atoms with E-state index in [4.69, 9.17) is 4.74 Å². The fourth-order valence-corrected chi connectivity index (χ4v) is 2.97. The van der Waals surface area contributed by atoms with Gasteiger partial charge >= 0.3 is 0 Å². The van der Waals surface area contributed by atoms with Crippen molar-refractivity contribution in [2.45, 2.75) is 12.8 Å². The van der Waals surface area contributed by atoms with Crippen LogP contribution in [-0.2, 0) is 4.79 Å². The van der Waals surface area contributed by atoms with E-state index in [9.17, 15) is 9.59 Å². The van der Waals surface area contributed by atoms with E-state index >= 15 is 0 Å². The van der Waals surface area contributed by atoms with Gasteiger partial charge in [0.2, 0.25) is 5.91 Å². The molecule has 24 heavy (non-hydrogen) atoms. The molecule has 2 rings (SSSR count). The van der Waals surface area contributed by atoms with Crippen molar-refractivity contribution in [3.05, 3.63) is 51.1 Å². The van der Waals surface area contributed by atoms with E-state index in [0.29, 0.717) is 38.1 Å². The molecule has 0 atom stereocenters. The Labute approximate surface area is 153 Å². The Morgan fingerprint density at radius 1 is 1.17 bits per heavy atom. The van der Waals surface area contributed by atoms with E-state index in [2.05, 4.69) is 26.6 Å². The molecule has 2 amide bonds. The first kappa shape index (κ1) is 18.5. The predicted molar refractivity (Wildman–Crippen MR) is 98.5 cm³/mol. The van der Waals surface area contributed by atoms with Crippen LogP contribution in [0.2, 0.25) is 0 Å². The lowest BCUT2D eigenvalue weighted by Gasteiger charge is -2.08. The van der Waals surface area contributed by atoms with Gasteiger partial charge < -0.3 is 15.4 Å². The molecule has 7 heteroatoms. The molecule has 1 aromatic heterocycles. The highest BCUT2D eigenvalue weighted by Crippen LogP contribution is 2.17. The summed E-state index contributed by atoms with van der Waals surface area (Å²) in [5.41, 5.74) is 0.661. The smallest absolute Gasteiger partial charge is 0.252 e. The number of amides is 2. The number of hydrogen-bond donors (Lipinski definition) is 2. The SMILES string of the molecule is O=C(CCCNC(=O)c1ccsc1)NCCOc1cccc(Br)c1. The van der Waals surface area contributed by atoms with Gasteiger partial charge in [0.25, 0.3) is 5.91 Å². The summed E-state index contributed by atoms with van der Waals surface area (Å²) in [6.45, 7) is 1.35. The second-order valence-electron chi connectivity index (χ2n) is 5.03. The molecule has 0 saturated carbocycles. The topological polar surface area (TPSA) is 67.4 Å². The van der Waals surface area contributed by atoms with Gasteiger partial charge in [-0.25, -0.2) is 0 Å². The summed E-state index contributed by atoms with van der Waals surface area (Å²) in [7, 11) is 0. The number of carbonyl (C=O) groups excluding carboxylic acids is 2. The van der Waals surface area contributed by atoms with Crippen molar-refractivity contribution >= 4 is 39.1 Å². The van der Waals surface area contributed by atoms with Crippen molar-refractivity contribution < 1.29 is 14.3 Å². The van der Waals surface area contributed by atoms with Gasteiger partial charge in [-0.2, -0.15) is 11.3 Å². The number of ether oxygens (including phenoxy) is 1. The lowest BCUT2D eigenvalue weighted by Crippen LogP contribution is -2.29. The van der Waals surface area contributed by atoms with E-state index in [0.717, 1.165) is 10.2 Å². The number of thiophene rings is 1. The zero-order valence-electron chi connectivity index (χ0n) is 13.1. The number of nitrogens with one attached hydrogen (secondary N) is 2. The molecule has 0 aliphatic heterocycles. The molecule has 1 aromatic carbocycles. The number of hydrogen-bond acceptors (Lipinski definition) is 4. The minimum Gasteiger partial charge on any atom is -0.492 e. The minimum atomic E-state index is -0.0981. The highest BCUT2D eigenvalue weighted by atomic mass is 79.9. The summed E-state index contributed by atoms with van der Waals surface area (Å²) < 4.78 is 6.49. The zero-order valence-corrected chi connectivity index (χ0v) is 15.5. The number of rotatable bonds is 9. The quantitative estimate of drug-likeness (QED) is 0.623. The molecule has 5 nitrogen and oxygen atoms in total. The Bertz CT molecular complexity index is 662. The van der Waals surface area contributed by atoms with Gasteiger partial charge in [0.05, 0.1) is 6.54 Å². The Kier molecular flexibility index (Phi) is 7.77. The van der Waals surface area contributed by atoms with Gasteiger partial charge in [-0.1, -0.05) is 22.0 Å². The van der Waals surface area contributed by atoms with Crippen LogP contribution in [-0.4, -0.2) is 31.5 Å². The molecule has 0 radical (unpaired) electrons. The van der Waals surface area contributed by atoms with Gasteiger partial charge in [0.15, 0.2) is 0 Å². The van der Waals surface area contributed by atoms with Gasteiger partial charge in [-0.3, -0.25) is 9.59 Å². The van der Waals surface area contributed by atoms with E-state index in [-0.39, 0.29) is 11.8 Å². The summed E-state index contributed by atoms with van der Waals surface area (Å²) in [6, 6.07) is 9.33. The molecular weight excluding hydrogens is 392 g/mol. The molecule has 128 valence electrons. The Balaban J connectivity index is 1.51. The molecule has 2 N–H and O–H groups in total. The summed E-state index contributed by atoms with van der Waals surface area (Å²) in [4.78, 5) is 23.4. The average Bonchev–Trinajstić information content (AvgIpc) is 3.10. The highest BCUT2D eigenvalue weighted by molar-refractivity contribution is 9.10. The molecule has 2 aromatic rings. The van der Waals surface area contributed by atoms with Crippen LogP contribution in [0, 0.1) is 0 Å². The van der Waals surface area contributed by atoms with Gasteiger partial charge in [0, 0.05) is 28.4 Å². The van der Waals surface area contributed by atoms with Crippen LogP contribution < -0.4 is 15.4 Å². The van der Waals surface area contributed by atoms with Gasteiger partial charge in [0.1, 0.15) is 12.4 Å². The lowest BCUT2D eigenvalue weighted by atomic mass is 10.2. The van der Waals surface area contributed by atoms with Crippen molar-refractivity contribution in [1.82, 2.24) is 10.6 Å². The fourth-order valence-electron chi connectivity index (χ4n) is 1.95. The predicted octanol–water partition coefficient (Wildman–Crippen LogP) is 3.22. The standard InChI is InChI=1S/C17H19BrN2O3S/c18-14-3-1-4-15(11-14)23-9-8-19-16(21)5-2-7-20-17(22)13-6-10-24-12-13/h1,3-4,6,10-12H,2,5,7-9H2,(H,19,21)(H,20,22). The average molecular weight is 411 g/mol. The van der Waals surface area contributed by atoms with Crippen LogP contribution in [0.4, 0.5) is 0 Å². The summed E-state index contributed by atoms with van der Waals surface area (Å²) in [5, 5.41) is 9.25. The van der Waals surface area contributed by atoms with Crippen LogP contribution in [0.15, 0.2) is 45.6 Å². The maximum atomic E-state index is 11.7. The van der Waals surface area contributed by atoms with E-state index in [1.54, 1.807) is 11.4 Å². The van der Waals surface area contributed by atoms with Crippen LogP contribution in [0.3, 0.4) is 0 Å². The first-order valence-electron chi connectivity index (χ1n) is 7.60. The summed E-state index contributed by atoms with van der Waals surface area (Å²) in [5.74, 6) is 0.617. The fraction of sp³-hybridized carbons (Fsp3) is 0.294. The third kappa shape index (κ3) is 6.72. The maximum absolute atomic E-state index is 11.7. The van der Waals surface area contributed by atoms with E-state index in [1.807, 2.05) is 29.6 Å². The zero-order chi connectivity index (χ0) is 17.2. The van der Waals surface area contributed by atoms with Crippen LogP contribution >= 0.6 is 27.3 Å². The molecule has 0 bridgehead atoms. The van der Waals surface area contributed by atoms with Gasteiger partial charge in [-0.05, 0) is 36.1 Å². The van der Waals surface area contributed by atoms with Crippen molar-refractivity contribution in [2.75, 3.05) is 19.7 Å². The second kappa shape index (κ2) is 10.1. The molecule has 0 saturated heterocycles. The van der Waals surface area contributed by atoms with Crippen molar-refractivity contribution in [1.29, 1.82) is 0 Å². The van der Waals surface area contributed by atoms with Crippen molar-refractivity contribution in [3.8, 4) is 5.75 Å². The monoisotopic (exact) mass is 410 g/mol. The van der Waals surface area contributed by atoms with Crippen molar-refractivity contribution in [3.63, 3.8) is 0 Å². The Hall–Kier alpha value is -1.86. The third-order valence-corrected chi connectivity index (χ3v) is 4.32. The maximum Gasteiger partial charge on any atom is 0.252 e. The van der Waals surface area contributed by atoms with Crippen LogP contribution in [0.25, 0.3) is 0 Å². The normalized spacial score (nSPS) is 10.2. The first-order chi connectivity index (χ1) is 11.6. The molecule has 0 aliphatic carbocycles. The molecule has 0 spiro atoms. The molecule has 1 heterocycles. The number of benzene rings is 1. The molecular formula is C17H19BrN2O3S. The van der Waals surface area contributed by atoms with E-state index in [1.165, 1.54) is 11.3 Å². The van der Waals surface area contributed by atoms with Crippen LogP contribution in [0.5, 0.6) is 5.75 Å². The minimum absolute atomic E-state index is 0.0439. The van der Waals surface area contributed by atoms with Crippen molar-refractivity contribution in [2.24, 2.45) is 0 Å². The highest BCUT2D eigenvalue weighted by Gasteiger charge is 2.05. The molecule has 0 fully saturated rings. The Morgan fingerprint density at radius 2 is 2.04 bits per heavy atom. The third-order valence-electron chi connectivity index (χ3n) is 3.14. The lowest BCUT2D eigenvalue weighted by molar-refractivity contribution is -0.121. The summed E-state index contributed by atoms with van der Waals surface area (Å²) >= 11 is 4.86. The number of carbonyl (C=O) groups is 2. The van der Waals surface area contributed by atoms with Crippen LogP contribution in [0.1, 0.15) is 23.2 Å². The van der Waals surface area contributed by atoms with E-state index < -0.39 is 0 Å². The first-order valence-corrected chi connectivity index (χ1v) is 9.34.